The summed E-state index contributed by atoms with van der Waals surface area (Å²) in [5.41, 5.74) is -0.544. The highest BCUT2D eigenvalue weighted by Gasteiger charge is 2.19. The van der Waals surface area contributed by atoms with Gasteiger partial charge in [0.15, 0.2) is 6.29 Å². The van der Waals surface area contributed by atoms with Crippen LogP contribution in [0.1, 0.15) is 37.6 Å². The molecule has 5 heteroatoms. The molecule has 0 atom stereocenters. The Bertz CT molecular complexity index is 440. The molecular weight excluding hydrogens is 222 g/mol. The lowest BCUT2D eigenvalue weighted by molar-refractivity contribution is -0.385. The van der Waals surface area contributed by atoms with Crippen LogP contribution in [0.3, 0.4) is 0 Å². The SMILES string of the molecule is CCC(C)(C)Oc1ccc([N+](=O)[O-])c(C=O)c1. The number of aldehydes is 1. The Morgan fingerprint density at radius 3 is 2.59 bits per heavy atom. The van der Waals surface area contributed by atoms with Gasteiger partial charge in [-0.1, -0.05) is 6.92 Å². The molecule has 0 aromatic heterocycles. The number of hydrogen-bond donors (Lipinski definition) is 0. The fourth-order valence-corrected chi connectivity index (χ4v) is 1.25. The highest BCUT2D eigenvalue weighted by molar-refractivity contribution is 5.82. The molecule has 0 aliphatic heterocycles. The predicted molar refractivity (Wildman–Crippen MR) is 63.5 cm³/mol. The maximum atomic E-state index is 10.8. The van der Waals surface area contributed by atoms with Crippen molar-refractivity contribution in [1.29, 1.82) is 0 Å². The van der Waals surface area contributed by atoms with E-state index in [0.29, 0.717) is 12.0 Å². The van der Waals surface area contributed by atoms with Crippen LogP contribution in [0.2, 0.25) is 0 Å². The molecule has 0 heterocycles. The molecule has 0 radical (unpaired) electrons. The Morgan fingerprint density at radius 2 is 2.12 bits per heavy atom. The Balaban J connectivity index is 3.06. The topological polar surface area (TPSA) is 69.4 Å². The minimum Gasteiger partial charge on any atom is -0.488 e. The van der Waals surface area contributed by atoms with Crippen LogP contribution < -0.4 is 4.74 Å². The molecule has 5 nitrogen and oxygen atoms in total. The average Bonchev–Trinajstić information content (AvgIpc) is 2.28. The van der Waals surface area contributed by atoms with Gasteiger partial charge in [0, 0.05) is 6.07 Å². The Kier molecular flexibility index (Phi) is 3.83. The average molecular weight is 237 g/mol. The molecule has 0 spiro atoms. The quantitative estimate of drug-likeness (QED) is 0.448. The van der Waals surface area contributed by atoms with Gasteiger partial charge in [-0.3, -0.25) is 14.9 Å². The second-order valence-electron chi connectivity index (χ2n) is 4.31. The Morgan fingerprint density at radius 1 is 1.47 bits per heavy atom. The number of nitrogens with zero attached hydrogens (tertiary/aromatic N) is 1. The number of nitro groups is 1. The van der Waals surface area contributed by atoms with Crippen molar-refractivity contribution in [2.75, 3.05) is 0 Å². The molecule has 1 aromatic rings. The monoisotopic (exact) mass is 237 g/mol. The maximum Gasteiger partial charge on any atom is 0.280 e. The largest absolute Gasteiger partial charge is 0.488 e. The van der Waals surface area contributed by atoms with Gasteiger partial charge >= 0.3 is 0 Å². The van der Waals surface area contributed by atoms with E-state index in [1.807, 2.05) is 20.8 Å². The zero-order chi connectivity index (χ0) is 13.1. The molecule has 0 fully saturated rings. The summed E-state index contributed by atoms with van der Waals surface area (Å²) in [7, 11) is 0. The zero-order valence-corrected chi connectivity index (χ0v) is 10.1. The molecule has 0 amide bonds. The van der Waals surface area contributed by atoms with Gasteiger partial charge in [0.25, 0.3) is 5.69 Å². The van der Waals surface area contributed by atoms with Gasteiger partial charge in [0.2, 0.25) is 0 Å². The van der Waals surface area contributed by atoms with E-state index in [1.54, 1.807) is 0 Å². The first kappa shape index (κ1) is 13.2. The standard InChI is InChI=1S/C12H15NO4/c1-4-12(2,3)17-10-5-6-11(13(15)16)9(7-10)8-14/h5-8H,4H2,1-3H3. The van der Waals surface area contributed by atoms with Gasteiger partial charge in [-0.2, -0.15) is 0 Å². The Hall–Kier alpha value is -1.91. The van der Waals surface area contributed by atoms with E-state index in [0.717, 1.165) is 6.42 Å². The van der Waals surface area contributed by atoms with Gasteiger partial charge in [0.1, 0.15) is 11.4 Å². The first-order chi connectivity index (χ1) is 7.89. The van der Waals surface area contributed by atoms with Crippen LogP contribution in [0.4, 0.5) is 5.69 Å². The Labute approximate surface area is 99.5 Å². The number of rotatable bonds is 5. The van der Waals surface area contributed by atoms with E-state index in [1.165, 1.54) is 18.2 Å². The molecule has 0 saturated heterocycles. The summed E-state index contributed by atoms with van der Waals surface area (Å²) in [4.78, 5) is 20.8. The van der Waals surface area contributed by atoms with Crippen molar-refractivity contribution in [2.45, 2.75) is 32.8 Å². The van der Waals surface area contributed by atoms with Crippen molar-refractivity contribution >= 4 is 12.0 Å². The minimum absolute atomic E-state index is 0.0272. The van der Waals surface area contributed by atoms with Crippen LogP contribution in [-0.4, -0.2) is 16.8 Å². The number of hydrogen-bond acceptors (Lipinski definition) is 4. The van der Waals surface area contributed by atoms with Gasteiger partial charge in [0.05, 0.1) is 10.5 Å². The number of nitro benzene ring substituents is 1. The van der Waals surface area contributed by atoms with Crippen molar-refractivity contribution in [1.82, 2.24) is 0 Å². The van der Waals surface area contributed by atoms with Crippen molar-refractivity contribution in [3.05, 3.63) is 33.9 Å². The van der Waals surface area contributed by atoms with Crippen molar-refractivity contribution < 1.29 is 14.5 Å². The molecule has 17 heavy (non-hydrogen) atoms. The van der Waals surface area contributed by atoms with Crippen LogP contribution in [0.25, 0.3) is 0 Å². The lowest BCUT2D eigenvalue weighted by Gasteiger charge is -2.24. The maximum absolute atomic E-state index is 10.8. The van der Waals surface area contributed by atoms with E-state index >= 15 is 0 Å². The van der Waals surface area contributed by atoms with E-state index in [2.05, 4.69) is 0 Å². The second-order valence-corrected chi connectivity index (χ2v) is 4.31. The normalized spacial score (nSPS) is 11.0. The molecule has 1 aromatic carbocycles. The van der Waals surface area contributed by atoms with Crippen LogP contribution in [0.15, 0.2) is 18.2 Å². The molecular formula is C12H15NO4. The van der Waals surface area contributed by atoms with Crippen molar-refractivity contribution in [3.8, 4) is 5.75 Å². The summed E-state index contributed by atoms with van der Waals surface area (Å²) in [5.74, 6) is 0.463. The lowest BCUT2D eigenvalue weighted by Crippen LogP contribution is -2.26. The fourth-order valence-electron chi connectivity index (χ4n) is 1.25. The van der Waals surface area contributed by atoms with Gasteiger partial charge in [-0.05, 0) is 32.4 Å². The zero-order valence-electron chi connectivity index (χ0n) is 10.1. The van der Waals surface area contributed by atoms with Crippen LogP contribution in [-0.2, 0) is 0 Å². The molecule has 1 rings (SSSR count). The summed E-state index contributed by atoms with van der Waals surface area (Å²) < 4.78 is 5.65. The molecule has 0 bridgehead atoms. The summed E-state index contributed by atoms with van der Waals surface area (Å²) in [6, 6.07) is 4.18. The van der Waals surface area contributed by atoms with Crippen LogP contribution in [0, 0.1) is 10.1 Å². The van der Waals surface area contributed by atoms with E-state index in [4.69, 9.17) is 4.74 Å². The second kappa shape index (κ2) is 4.95. The molecule has 92 valence electrons. The lowest BCUT2D eigenvalue weighted by atomic mass is 10.1. The molecule has 0 aliphatic rings. The van der Waals surface area contributed by atoms with E-state index in [-0.39, 0.29) is 16.9 Å². The van der Waals surface area contributed by atoms with Gasteiger partial charge < -0.3 is 4.74 Å². The summed E-state index contributed by atoms with van der Waals surface area (Å²) in [6.45, 7) is 5.80. The number of ether oxygens (including phenoxy) is 1. The van der Waals surface area contributed by atoms with Gasteiger partial charge in [-0.25, -0.2) is 0 Å². The molecule has 0 unspecified atom stereocenters. The summed E-state index contributed by atoms with van der Waals surface area (Å²) in [6.07, 6.45) is 1.25. The number of carbonyl (C=O) groups excluding carboxylic acids is 1. The van der Waals surface area contributed by atoms with Gasteiger partial charge in [-0.15, -0.1) is 0 Å². The van der Waals surface area contributed by atoms with E-state index in [9.17, 15) is 14.9 Å². The highest BCUT2D eigenvalue weighted by atomic mass is 16.6. The highest BCUT2D eigenvalue weighted by Crippen LogP contribution is 2.26. The van der Waals surface area contributed by atoms with Crippen molar-refractivity contribution in [2.24, 2.45) is 0 Å². The molecule has 0 saturated carbocycles. The fraction of sp³-hybridized carbons (Fsp3) is 0.417. The smallest absolute Gasteiger partial charge is 0.280 e. The summed E-state index contributed by atoms with van der Waals surface area (Å²) >= 11 is 0. The molecule has 0 N–H and O–H groups in total. The number of benzene rings is 1. The van der Waals surface area contributed by atoms with Crippen LogP contribution in [0.5, 0.6) is 5.75 Å². The number of carbonyl (C=O) groups is 1. The summed E-state index contributed by atoms with van der Waals surface area (Å²) in [5, 5.41) is 10.6. The first-order valence-corrected chi connectivity index (χ1v) is 5.32. The molecule has 0 aliphatic carbocycles. The predicted octanol–water partition coefficient (Wildman–Crippen LogP) is 2.97. The van der Waals surface area contributed by atoms with Crippen molar-refractivity contribution in [3.63, 3.8) is 0 Å². The third-order valence-electron chi connectivity index (χ3n) is 2.57. The minimum atomic E-state index is -0.585. The third kappa shape index (κ3) is 3.27. The third-order valence-corrected chi connectivity index (χ3v) is 2.57. The van der Waals surface area contributed by atoms with E-state index < -0.39 is 4.92 Å². The van der Waals surface area contributed by atoms with Crippen LogP contribution >= 0.6 is 0 Å². The first-order valence-electron chi connectivity index (χ1n) is 5.32.